The number of benzene rings is 2. The van der Waals surface area contributed by atoms with Crippen molar-refractivity contribution in [3.63, 3.8) is 0 Å². The van der Waals surface area contributed by atoms with Gasteiger partial charge < -0.3 is 9.64 Å². The van der Waals surface area contributed by atoms with E-state index in [1.165, 1.54) is 11.3 Å². The summed E-state index contributed by atoms with van der Waals surface area (Å²) < 4.78 is 5.44. The third-order valence-electron chi connectivity index (χ3n) is 4.99. The number of fused-ring (bicyclic) bond motifs is 1. The average molecular weight is 309 g/mol. The Morgan fingerprint density at radius 2 is 1.74 bits per heavy atom. The Labute approximate surface area is 137 Å². The first-order chi connectivity index (χ1) is 11.0. The molecule has 0 spiro atoms. The van der Waals surface area contributed by atoms with Crippen LogP contribution in [0.15, 0.2) is 54.6 Å². The van der Waals surface area contributed by atoms with E-state index in [2.05, 4.69) is 49.9 Å². The summed E-state index contributed by atoms with van der Waals surface area (Å²) in [7, 11) is 0. The molecule has 3 nitrogen and oxygen atoms in total. The van der Waals surface area contributed by atoms with Crippen LogP contribution in [0.4, 0.5) is 5.69 Å². The number of para-hydroxylation sites is 1. The van der Waals surface area contributed by atoms with Gasteiger partial charge in [0.25, 0.3) is 0 Å². The fourth-order valence-electron chi connectivity index (χ4n) is 3.30. The van der Waals surface area contributed by atoms with Gasteiger partial charge in [-0.1, -0.05) is 50.2 Å². The van der Waals surface area contributed by atoms with Gasteiger partial charge in [-0.2, -0.15) is 0 Å². The molecule has 2 aromatic carbocycles. The quantitative estimate of drug-likeness (QED) is 0.799. The van der Waals surface area contributed by atoms with Crippen LogP contribution in [-0.2, 0) is 10.2 Å². The average Bonchev–Trinajstić information content (AvgIpc) is 2.77. The smallest absolute Gasteiger partial charge is 0.338 e. The third kappa shape index (κ3) is 2.83. The highest BCUT2D eigenvalue weighted by Gasteiger charge is 2.41. The van der Waals surface area contributed by atoms with Crippen molar-refractivity contribution in [3.05, 3.63) is 65.7 Å². The number of hydrogen-bond acceptors (Lipinski definition) is 3. The fourth-order valence-corrected chi connectivity index (χ4v) is 3.30. The highest BCUT2D eigenvalue weighted by molar-refractivity contribution is 5.89. The first kappa shape index (κ1) is 15.6. The lowest BCUT2D eigenvalue weighted by atomic mass is 9.81. The second kappa shape index (κ2) is 6.07. The van der Waals surface area contributed by atoms with Crippen molar-refractivity contribution in [1.82, 2.24) is 0 Å². The molecule has 1 heterocycles. The standard InChI is InChI=1S/C20H23NO2/c1-15-20(2,3)17-11-7-8-12-18(17)21(15)13-14-23-19(22)16-9-5-4-6-10-16/h4-12,15H,13-14H2,1-3H3. The highest BCUT2D eigenvalue weighted by Crippen LogP contribution is 2.44. The van der Waals surface area contributed by atoms with E-state index < -0.39 is 0 Å². The number of nitrogens with zero attached hydrogens (tertiary/aromatic N) is 1. The minimum Gasteiger partial charge on any atom is -0.460 e. The Balaban J connectivity index is 1.66. The third-order valence-corrected chi connectivity index (χ3v) is 4.99. The van der Waals surface area contributed by atoms with Crippen LogP contribution in [0.1, 0.15) is 36.7 Å². The first-order valence-corrected chi connectivity index (χ1v) is 8.10. The molecule has 120 valence electrons. The molecule has 0 bridgehead atoms. The molecule has 0 radical (unpaired) electrons. The van der Waals surface area contributed by atoms with Crippen molar-refractivity contribution in [2.45, 2.75) is 32.2 Å². The van der Waals surface area contributed by atoms with E-state index in [9.17, 15) is 4.79 Å². The van der Waals surface area contributed by atoms with E-state index in [1.807, 2.05) is 18.2 Å². The molecule has 3 heteroatoms. The summed E-state index contributed by atoms with van der Waals surface area (Å²) >= 11 is 0. The van der Waals surface area contributed by atoms with Gasteiger partial charge in [0.15, 0.2) is 0 Å². The van der Waals surface area contributed by atoms with E-state index >= 15 is 0 Å². The first-order valence-electron chi connectivity index (χ1n) is 8.10. The van der Waals surface area contributed by atoms with Gasteiger partial charge in [0.05, 0.1) is 12.1 Å². The molecular weight excluding hydrogens is 286 g/mol. The lowest BCUT2D eigenvalue weighted by Crippen LogP contribution is -2.40. The van der Waals surface area contributed by atoms with Crippen molar-refractivity contribution in [3.8, 4) is 0 Å². The van der Waals surface area contributed by atoms with Crippen LogP contribution >= 0.6 is 0 Å². The summed E-state index contributed by atoms with van der Waals surface area (Å²) in [5, 5.41) is 0. The summed E-state index contributed by atoms with van der Waals surface area (Å²) in [5.74, 6) is -0.259. The molecular formula is C20H23NO2. The Morgan fingerprint density at radius 1 is 1.09 bits per heavy atom. The predicted octanol–water partition coefficient (Wildman–Crippen LogP) is 4.03. The number of hydrogen-bond donors (Lipinski definition) is 0. The molecule has 1 aliphatic heterocycles. The van der Waals surface area contributed by atoms with E-state index in [0.717, 1.165) is 0 Å². The van der Waals surface area contributed by atoms with Crippen LogP contribution in [0.5, 0.6) is 0 Å². The van der Waals surface area contributed by atoms with Crippen LogP contribution in [0.3, 0.4) is 0 Å². The lowest BCUT2D eigenvalue weighted by Gasteiger charge is -2.31. The zero-order valence-corrected chi connectivity index (χ0v) is 14.0. The normalized spacial score (nSPS) is 18.6. The molecule has 23 heavy (non-hydrogen) atoms. The van der Waals surface area contributed by atoms with Crippen LogP contribution in [0.25, 0.3) is 0 Å². The Morgan fingerprint density at radius 3 is 2.48 bits per heavy atom. The maximum atomic E-state index is 12.0. The maximum absolute atomic E-state index is 12.0. The molecule has 0 fully saturated rings. The Bertz CT molecular complexity index is 694. The summed E-state index contributed by atoms with van der Waals surface area (Å²) in [6.45, 7) is 7.88. The van der Waals surface area contributed by atoms with Crippen molar-refractivity contribution < 1.29 is 9.53 Å². The minimum absolute atomic E-state index is 0.0973. The number of rotatable bonds is 4. The van der Waals surface area contributed by atoms with Crippen LogP contribution in [-0.4, -0.2) is 25.2 Å². The Hall–Kier alpha value is -2.29. The molecule has 1 aliphatic rings. The van der Waals surface area contributed by atoms with Gasteiger partial charge in [0.2, 0.25) is 0 Å². The molecule has 3 rings (SSSR count). The molecule has 0 N–H and O–H groups in total. The number of esters is 1. The fraction of sp³-hybridized carbons (Fsp3) is 0.350. The van der Waals surface area contributed by atoms with E-state index in [1.54, 1.807) is 12.1 Å². The van der Waals surface area contributed by atoms with Gasteiger partial charge in [-0.15, -0.1) is 0 Å². The molecule has 0 amide bonds. The van der Waals surface area contributed by atoms with E-state index in [-0.39, 0.29) is 11.4 Å². The van der Waals surface area contributed by atoms with Gasteiger partial charge >= 0.3 is 5.97 Å². The monoisotopic (exact) mass is 309 g/mol. The number of ether oxygens (including phenoxy) is 1. The zero-order chi connectivity index (χ0) is 16.4. The highest BCUT2D eigenvalue weighted by atomic mass is 16.5. The predicted molar refractivity (Wildman–Crippen MR) is 93.0 cm³/mol. The summed E-state index contributed by atoms with van der Waals surface area (Å²) in [4.78, 5) is 14.4. The topological polar surface area (TPSA) is 29.5 Å². The van der Waals surface area contributed by atoms with Crippen LogP contribution in [0, 0.1) is 0 Å². The minimum atomic E-state index is -0.259. The molecule has 0 aromatic heterocycles. The van der Waals surface area contributed by atoms with Crippen molar-refractivity contribution in [2.75, 3.05) is 18.1 Å². The van der Waals surface area contributed by atoms with Crippen LogP contribution in [0.2, 0.25) is 0 Å². The van der Waals surface area contributed by atoms with E-state index in [4.69, 9.17) is 4.74 Å². The van der Waals surface area contributed by atoms with Gasteiger partial charge in [0, 0.05) is 17.1 Å². The largest absolute Gasteiger partial charge is 0.460 e. The van der Waals surface area contributed by atoms with E-state index in [0.29, 0.717) is 24.8 Å². The van der Waals surface area contributed by atoms with Gasteiger partial charge in [-0.05, 0) is 30.7 Å². The summed E-state index contributed by atoms with van der Waals surface area (Å²) in [6.07, 6.45) is 0. The molecule has 1 unspecified atom stereocenters. The second-order valence-electron chi connectivity index (χ2n) is 6.61. The van der Waals surface area contributed by atoms with Gasteiger partial charge in [0.1, 0.15) is 6.61 Å². The number of anilines is 1. The molecule has 0 saturated heterocycles. The molecule has 1 atom stereocenters. The SMILES string of the molecule is CC1N(CCOC(=O)c2ccccc2)c2ccccc2C1(C)C. The molecule has 0 aliphatic carbocycles. The summed E-state index contributed by atoms with van der Waals surface area (Å²) in [6, 6.07) is 18.0. The van der Waals surface area contributed by atoms with Gasteiger partial charge in [-0.25, -0.2) is 4.79 Å². The van der Waals surface area contributed by atoms with Crippen molar-refractivity contribution in [2.24, 2.45) is 0 Å². The van der Waals surface area contributed by atoms with Crippen molar-refractivity contribution in [1.29, 1.82) is 0 Å². The Kier molecular flexibility index (Phi) is 4.12. The second-order valence-corrected chi connectivity index (χ2v) is 6.61. The number of carbonyl (C=O) groups is 1. The lowest BCUT2D eigenvalue weighted by molar-refractivity contribution is 0.0513. The summed E-state index contributed by atoms with van der Waals surface area (Å²) in [5.41, 5.74) is 3.31. The molecule has 0 saturated carbocycles. The zero-order valence-electron chi connectivity index (χ0n) is 14.0. The molecule has 2 aromatic rings. The number of carbonyl (C=O) groups excluding carboxylic acids is 1. The maximum Gasteiger partial charge on any atom is 0.338 e. The van der Waals surface area contributed by atoms with Crippen molar-refractivity contribution >= 4 is 11.7 Å². The van der Waals surface area contributed by atoms with Crippen LogP contribution < -0.4 is 4.90 Å². The van der Waals surface area contributed by atoms with Gasteiger partial charge in [-0.3, -0.25) is 0 Å².